The summed E-state index contributed by atoms with van der Waals surface area (Å²) in [7, 11) is 1.68. The van der Waals surface area contributed by atoms with E-state index in [9.17, 15) is 4.79 Å². The normalized spacial score (nSPS) is 17.8. The first-order valence-electron chi connectivity index (χ1n) is 8.47. The Hall–Kier alpha value is -2.33. The summed E-state index contributed by atoms with van der Waals surface area (Å²) in [5, 5.41) is 3.34. The molecule has 0 saturated carbocycles. The summed E-state index contributed by atoms with van der Waals surface area (Å²) in [6, 6.07) is 16.3. The average Bonchev–Trinajstić information content (AvgIpc) is 2.64. The van der Waals surface area contributed by atoms with Gasteiger partial charge in [-0.1, -0.05) is 36.4 Å². The Morgan fingerprint density at radius 3 is 2.67 bits per heavy atom. The van der Waals surface area contributed by atoms with Gasteiger partial charge < -0.3 is 15.0 Å². The van der Waals surface area contributed by atoms with E-state index in [4.69, 9.17) is 4.74 Å². The zero-order valence-corrected chi connectivity index (χ0v) is 14.3. The van der Waals surface area contributed by atoms with E-state index in [1.165, 1.54) is 5.56 Å². The minimum absolute atomic E-state index is 0.110. The first-order chi connectivity index (χ1) is 11.7. The van der Waals surface area contributed by atoms with Gasteiger partial charge in [0.2, 0.25) is 5.91 Å². The summed E-state index contributed by atoms with van der Waals surface area (Å²) in [6.45, 7) is 4.49. The summed E-state index contributed by atoms with van der Waals surface area (Å²) < 4.78 is 5.28. The van der Waals surface area contributed by atoms with Crippen LogP contribution in [0.5, 0.6) is 5.75 Å². The molecule has 1 atom stereocenters. The van der Waals surface area contributed by atoms with Gasteiger partial charge in [0.05, 0.1) is 13.2 Å². The predicted octanol–water partition coefficient (Wildman–Crippen LogP) is 2.73. The second kappa shape index (κ2) is 7.49. The maximum atomic E-state index is 12.4. The highest BCUT2D eigenvalue weighted by Gasteiger charge is 2.27. The SMILES string of the molecule is CCN1CCN[C@@H](Cc2ccc(-c3cccc(OC)c3)cc2)C1=O. The molecular formula is C20H24N2O2. The number of nitrogens with zero attached hydrogens (tertiary/aromatic N) is 1. The van der Waals surface area contributed by atoms with Crippen LogP contribution in [0.1, 0.15) is 12.5 Å². The molecule has 1 aliphatic rings. The summed E-state index contributed by atoms with van der Waals surface area (Å²) in [5.41, 5.74) is 3.45. The zero-order valence-electron chi connectivity index (χ0n) is 14.3. The van der Waals surface area contributed by atoms with Crippen molar-refractivity contribution in [1.82, 2.24) is 10.2 Å². The molecule has 0 aromatic heterocycles. The van der Waals surface area contributed by atoms with E-state index in [2.05, 4.69) is 35.6 Å². The van der Waals surface area contributed by atoms with Crippen LogP contribution in [0.25, 0.3) is 11.1 Å². The van der Waals surface area contributed by atoms with E-state index < -0.39 is 0 Å². The van der Waals surface area contributed by atoms with Crippen molar-refractivity contribution in [3.05, 3.63) is 54.1 Å². The lowest BCUT2D eigenvalue weighted by atomic mass is 9.99. The zero-order chi connectivity index (χ0) is 16.9. The molecule has 0 radical (unpaired) electrons. The first kappa shape index (κ1) is 16.5. The Morgan fingerprint density at radius 1 is 1.17 bits per heavy atom. The number of hydrogen-bond donors (Lipinski definition) is 1. The molecule has 0 spiro atoms. The molecule has 1 N–H and O–H groups in total. The van der Waals surface area contributed by atoms with Crippen LogP contribution in [-0.2, 0) is 11.2 Å². The lowest BCUT2D eigenvalue weighted by molar-refractivity contribution is -0.135. The average molecular weight is 324 g/mol. The van der Waals surface area contributed by atoms with E-state index >= 15 is 0 Å². The van der Waals surface area contributed by atoms with E-state index in [0.717, 1.165) is 42.9 Å². The van der Waals surface area contributed by atoms with Crippen molar-refractivity contribution >= 4 is 5.91 Å². The van der Waals surface area contributed by atoms with Gasteiger partial charge in [0.1, 0.15) is 5.75 Å². The molecule has 1 heterocycles. The molecule has 1 aliphatic heterocycles. The topological polar surface area (TPSA) is 41.6 Å². The third-order valence-corrected chi connectivity index (χ3v) is 4.56. The van der Waals surface area contributed by atoms with Crippen LogP contribution >= 0.6 is 0 Å². The van der Waals surface area contributed by atoms with Crippen molar-refractivity contribution in [2.45, 2.75) is 19.4 Å². The fourth-order valence-corrected chi connectivity index (χ4v) is 3.14. The van der Waals surface area contributed by atoms with Crippen LogP contribution in [0, 0.1) is 0 Å². The van der Waals surface area contributed by atoms with Crippen LogP contribution in [0.15, 0.2) is 48.5 Å². The predicted molar refractivity (Wildman–Crippen MR) is 96.2 cm³/mol. The summed E-state index contributed by atoms with van der Waals surface area (Å²) >= 11 is 0. The molecule has 1 fully saturated rings. The molecule has 24 heavy (non-hydrogen) atoms. The van der Waals surface area contributed by atoms with E-state index in [1.807, 2.05) is 30.0 Å². The Bertz CT molecular complexity index is 697. The molecule has 2 aromatic carbocycles. The number of rotatable bonds is 5. The fraction of sp³-hybridized carbons (Fsp3) is 0.350. The van der Waals surface area contributed by atoms with E-state index in [1.54, 1.807) is 7.11 Å². The van der Waals surface area contributed by atoms with Gasteiger partial charge in [0, 0.05) is 19.6 Å². The maximum absolute atomic E-state index is 12.4. The maximum Gasteiger partial charge on any atom is 0.240 e. The Morgan fingerprint density at radius 2 is 1.96 bits per heavy atom. The van der Waals surface area contributed by atoms with Crippen molar-refractivity contribution < 1.29 is 9.53 Å². The van der Waals surface area contributed by atoms with Gasteiger partial charge in [-0.3, -0.25) is 4.79 Å². The van der Waals surface area contributed by atoms with E-state index in [-0.39, 0.29) is 11.9 Å². The molecule has 3 rings (SSSR count). The summed E-state index contributed by atoms with van der Waals surface area (Å²) in [6.07, 6.45) is 0.730. The molecule has 1 amide bonds. The molecule has 0 unspecified atom stereocenters. The van der Waals surface area contributed by atoms with Crippen LogP contribution in [0.3, 0.4) is 0 Å². The molecule has 126 valence electrons. The standard InChI is InChI=1S/C20H24N2O2/c1-3-22-12-11-21-19(20(22)23)13-15-7-9-16(10-8-15)17-5-4-6-18(14-17)24-2/h4-10,14,19,21H,3,11-13H2,1-2H3/t19-/m0/s1. The number of nitrogens with one attached hydrogen (secondary N) is 1. The largest absolute Gasteiger partial charge is 0.497 e. The molecule has 4 nitrogen and oxygen atoms in total. The van der Waals surface area contributed by atoms with Gasteiger partial charge in [0.15, 0.2) is 0 Å². The van der Waals surface area contributed by atoms with Crippen LogP contribution in [0.2, 0.25) is 0 Å². The number of hydrogen-bond acceptors (Lipinski definition) is 3. The quantitative estimate of drug-likeness (QED) is 0.919. The third-order valence-electron chi connectivity index (χ3n) is 4.56. The molecular weight excluding hydrogens is 300 g/mol. The number of amides is 1. The van der Waals surface area contributed by atoms with Gasteiger partial charge in [-0.15, -0.1) is 0 Å². The first-order valence-corrected chi connectivity index (χ1v) is 8.47. The van der Waals surface area contributed by atoms with Crippen molar-refractivity contribution in [2.75, 3.05) is 26.7 Å². The Balaban J connectivity index is 1.71. The van der Waals surface area contributed by atoms with Gasteiger partial charge in [-0.25, -0.2) is 0 Å². The third kappa shape index (κ3) is 3.60. The number of likely N-dealkylation sites (N-methyl/N-ethyl adjacent to an activating group) is 1. The minimum atomic E-state index is -0.110. The second-order valence-corrected chi connectivity index (χ2v) is 6.06. The van der Waals surface area contributed by atoms with Crippen molar-refractivity contribution in [1.29, 1.82) is 0 Å². The van der Waals surface area contributed by atoms with Gasteiger partial charge in [0.25, 0.3) is 0 Å². The highest BCUT2D eigenvalue weighted by Crippen LogP contribution is 2.24. The van der Waals surface area contributed by atoms with Crippen molar-refractivity contribution in [3.63, 3.8) is 0 Å². The van der Waals surface area contributed by atoms with Gasteiger partial charge in [-0.05, 0) is 42.2 Å². The summed E-state index contributed by atoms with van der Waals surface area (Å²) in [5.74, 6) is 1.06. The fourth-order valence-electron chi connectivity index (χ4n) is 3.14. The van der Waals surface area contributed by atoms with Crippen LogP contribution in [0.4, 0.5) is 0 Å². The van der Waals surface area contributed by atoms with Gasteiger partial charge in [-0.2, -0.15) is 0 Å². The number of piperazine rings is 1. The van der Waals surface area contributed by atoms with Gasteiger partial charge >= 0.3 is 0 Å². The van der Waals surface area contributed by atoms with Crippen LogP contribution < -0.4 is 10.1 Å². The summed E-state index contributed by atoms with van der Waals surface area (Å²) in [4.78, 5) is 14.3. The number of methoxy groups -OCH3 is 1. The number of ether oxygens (including phenoxy) is 1. The Labute approximate surface area is 143 Å². The highest BCUT2D eigenvalue weighted by molar-refractivity contribution is 5.83. The van der Waals surface area contributed by atoms with E-state index in [0.29, 0.717) is 0 Å². The second-order valence-electron chi connectivity index (χ2n) is 6.06. The molecule has 0 bridgehead atoms. The lowest BCUT2D eigenvalue weighted by Gasteiger charge is -2.32. The monoisotopic (exact) mass is 324 g/mol. The highest BCUT2D eigenvalue weighted by atomic mass is 16.5. The smallest absolute Gasteiger partial charge is 0.240 e. The molecule has 2 aromatic rings. The Kier molecular flexibility index (Phi) is 5.16. The number of benzene rings is 2. The van der Waals surface area contributed by atoms with Crippen LogP contribution in [-0.4, -0.2) is 43.6 Å². The number of carbonyl (C=O) groups excluding carboxylic acids is 1. The lowest BCUT2D eigenvalue weighted by Crippen LogP contribution is -2.55. The van der Waals surface area contributed by atoms with Crippen molar-refractivity contribution in [2.24, 2.45) is 0 Å². The number of carbonyl (C=O) groups is 1. The molecule has 1 saturated heterocycles. The minimum Gasteiger partial charge on any atom is -0.497 e. The van der Waals surface area contributed by atoms with Crippen molar-refractivity contribution in [3.8, 4) is 16.9 Å². The molecule has 4 heteroatoms. The molecule has 0 aliphatic carbocycles.